The van der Waals surface area contributed by atoms with E-state index in [-0.39, 0.29) is 24.1 Å². The van der Waals surface area contributed by atoms with E-state index in [1.807, 2.05) is 12.1 Å². The van der Waals surface area contributed by atoms with Crippen LogP contribution in [0.4, 0.5) is 4.39 Å². The second-order valence-electron chi connectivity index (χ2n) is 6.19. The van der Waals surface area contributed by atoms with E-state index in [1.165, 1.54) is 30.2 Å². The number of H-pyrrole nitrogens is 1. The van der Waals surface area contributed by atoms with Crippen LogP contribution >= 0.6 is 11.8 Å². The van der Waals surface area contributed by atoms with Gasteiger partial charge in [0.1, 0.15) is 12.1 Å². The van der Waals surface area contributed by atoms with Gasteiger partial charge in [-0.25, -0.2) is 9.37 Å². The third kappa shape index (κ3) is 6.72. The van der Waals surface area contributed by atoms with Crippen LogP contribution in [0.2, 0.25) is 0 Å². The molecule has 0 atom stereocenters. The molecule has 0 bridgehead atoms. The van der Waals surface area contributed by atoms with Crippen molar-refractivity contribution in [1.29, 1.82) is 0 Å². The van der Waals surface area contributed by atoms with Crippen molar-refractivity contribution < 1.29 is 14.0 Å². The zero-order valence-corrected chi connectivity index (χ0v) is 16.3. The number of aromatic amines is 1. The van der Waals surface area contributed by atoms with Gasteiger partial charge in [-0.05, 0) is 35.4 Å². The second kappa shape index (κ2) is 10.4. The molecule has 1 aromatic heterocycles. The van der Waals surface area contributed by atoms with Gasteiger partial charge < -0.3 is 10.6 Å². The van der Waals surface area contributed by atoms with Gasteiger partial charge in [-0.3, -0.25) is 14.7 Å². The van der Waals surface area contributed by atoms with Crippen LogP contribution in [-0.2, 0) is 17.0 Å². The molecule has 29 heavy (non-hydrogen) atoms. The van der Waals surface area contributed by atoms with Crippen LogP contribution in [0.15, 0.2) is 60.0 Å². The number of halogens is 1. The van der Waals surface area contributed by atoms with Gasteiger partial charge in [0.05, 0.1) is 6.42 Å². The summed E-state index contributed by atoms with van der Waals surface area (Å²) in [5, 5.41) is 12.8. The number of hydrogen-bond donors (Lipinski definition) is 3. The van der Waals surface area contributed by atoms with Crippen molar-refractivity contribution in [2.45, 2.75) is 17.3 Å². The Bertz CT molecular complexity index is 931. The molecule has 3 rings (SSSR count). The van der Waals surface area contributed by atoms with Gasteiger partial charge in [0, 0.05) is 24.4 Å². The smallest absolute Gasteiger partial charge is 0.251 e. The van der Waals surface area contributed by atoms with Gasteiger partial charge in [0.25, 0.3) is 5.91 Å². The summed E-state index contributed by atoms with van der Waals surface area (Å²) in [6, 6.07) is 13.1. The molecule has 0 saturated carbocycles. The number of benzene rings is 2. The van der Waals surface area contributed by atoms with Crippen LogP contribution in [0.1, 0.15) is 21.5 Å². The topological polar surface area (TPSA) is 99.8 Å². The summed E-state index contributed by atoms with van der Waals surface area (Å²) < 4.78 is 12.9. The Balaban J connectivity index is 1.35. The van der Waals surface area contributed by atoms with Crippen LogP contribution in [0, 0.1) is 5.82 Å². The third-order valence-electron chi connectivity index (χ3n) is 4.00. The lowest BCUT2D eigenvalue weighted by Crippen LogP contribution is -2.35. The van der Waals surface area contributed by atoms with Crippen molar-refractivity contribution >= 4 is 23.6 Å². The van der Waals surface area contributed by atoms with Crippen molar-refractivity contribution in [3.05, 3.63) is 77.4 Å². The van der Waals surface area contributed by atoms with Crippen molar-refractivity contribution in [2.24, 2.45) is 0 Å². The van der Waals surface area contributed by atoms with Gasteiger partial charge in [-0.15, -0.1) is 0 Å². The molecule has 0 radical (unpaired) electrons. The molecule has 9 heteroatoms. The molecule has 0 aliphatic rings. The molecule has 150 valence electrons. The Hall–Kier alpha value is -3.20. The lowest BCUT2D eigenvalue weighted by molar-refractivity contribution is -0.120. The first kappa shape index (κ1) is 20.5. The first-order valence-corrected chi connectivity index (χ1v) is 9.95. The van der Waals surface area contributed by atoms with Crippen LogP contribution in [0.3, 0.4) is 0 Å². The van der Waals surface area contributed by atoms with E-state index in [1.54, 1.807) is 24.3 Å². The van der Waals surface area contributed by atoms with Crippen LogP contribution in [0.25, 0.3) is 0 Å². The summed E-state index contributed by atoms with van der Waals surface area (Å²) in [5.74, 6) is 0.00199. The van der Waals surface area contributed by atoms with E-state index in [0.29, 0.717) is 18.7 Å². The predicted molar refractivity (Wildman–Crippen MR) is 108 cm³/mol. The first-order chi connectivity index (χ1) is 14.1. The zero-order valence-electron chi connectivity index (χ0n) is 15.5. The molecular weight excluding hydrogens is 393 g/mol. The molecule has 0 spiro atoms. The summed E-state index contributed by atoms with van der Waals surface area (Å²) in [7, 11) is 0. The number of nitrogens with zero attached hydrogens (tertiary/aromatic N) is 2. The van der Waals surface area contributed by atoms with E-state index in [2.05, 4.69) is 25.8 Å². The van der Waals surface area contributed by atoms with Gasteiger partial charge in [-0.1, -0.05) is 36.0 Å². The predicted octanol–water partition coefficient (Wildman–Crippen LogP) is 2.32. The number of carbonyl (C=O) groups excluding carboxylic acids is 2. The van der Waals surface area contributed by atoms with Crippen molar-refractivity contribution in [3.8, 4) is 0 Å². The SMILES string of the molecule is O=C(Cc1ccc(F)cc1)NCCNC(=O)c1ccc(CSc2ncn[nH]2)cc1. The Morgan fingerprint density at radius 3 is 2.34 bits per heavy atom. The quantitative estimate of drug-likeness (QED) is 0.369. The number of hydrogen-bond acceptors (Lipinski definition) is 5. The maximum atomic E-state index is 12.9. The molecule has 0 aliphatic heterocycles. The average Bonchev–Trinajstić information content (AvgIpc) is 3.25. The van der Waals surface area contributed by atoms with Crippen LogP contribution in [-0.4, -0.2) is 40.1 Å². The summed E-state index contributed by atoms with van der Waals surface area (Å²) in [5.41, 5.74) is 2.35. The zero-order chi connectivity index (χ0) is 20.5. The van der Waals surface area contributed by atoms with E-state index in [0.717, 1.165) is 22.0 Å². The van der Waals surface area contributed by atoms with E-state index in [4.69, 9.17) is 0 Å². The summed E-state index contributed by atoms with van der Waals surface area (Å²) in [6.07, 6.45) is 1.63. The molecule has 3 aromatic rings. The lowest BCUT2D eigenvalue weighted by Gasteiger charge is -2.08. The van der Waals surface area contributed by atoms with Gasteiger partial charge >= 0.3 is 0 Å². The highest BCUT2D eigenvalue weighted by Gasteiger charge is 2.07. The van der Waals surface area contributed by atoms with Crippen molar-refractivity contribution in [3.63, 3.8) is 0 Å². The number of carbonyl (C=O) groups is 2. The highest BCUT2D eigenvalue weighted by molar-refractivity contribution is 7.98. The highest BCUT2D eigenvalue weighted by Crippen LogP contribution is 2.18. The minimum atomic E-state index is -0.335. The third-order valence-corrected chi connectivity index (χ3v) is 4.94. The fourth-order valence-corrected chi connectivity index (χ4v) is 3.23. The maximum Gasteiger partial charge on any atom is 0.251 e. The molecular formula is C20H20FN5O2S. The van der Waals surface area contributed by atoms with Crippen LogP contribution in [0.5, 0.6) is 0 Å². The van der Waals surface area contributed by atoms with Crippen molar-refractivity contribution in [2.75, 3.05) is 13.1 Å². The van der Waals surface area contributed by atoms with Crippen molar-refractivity contribution in [1.82, 2.24) is 25.8 Å². The summed E-state index contributed by atoms with van der Waals surface area (Å²) >= 11 is 1.53. The molecule has 0 saturated heterocycles. The van der Waals surface area contributed by atoms with Gasteiger partial charge in [0.2, 0.25) is 5.91 Å². The fourth-order valence-electron chi connectivity index (χ4n) is 2.50. The summed E-state index contributed by atoms with van der Waals surface area (Å²) in [6.45, 7) is 0.634. The minimum absolute atomic E-state index is 0.168. The molecule has 7 nitrogen and oxygen atoms in total. The largest absolute Gasteiger partial charge is 0.354 e. The molecule has 0 fully saturated rings. The maximum absolute atomic E-state index is 12.9. The molecule has 1 heterocycles. The molecule has 2 amide bonds. The van der Waals surface area contributed by atoms with Gasteiger partial charge in [-0.2, -0.15) is 5.10 Å². The highest BCUT2D eigenvalue weighted by atomic mass is 32.2. The normalized spacial score (nSPS) is 10.5. The Morgan fingerprint density at radius 2 is 1.66 bits per heavy atom. The van der Waals surface area contributed by atoms with E-state index >= 15 is 0 Å². The van der Waals surface area contributed by atoms with Crippen LogP contribution < -0.4 is 10.6 Å². The Labute approximate surface area is 171 Å². The monoisotopic (exact) mass is 413 g/mol. The number of thioether (sulfide) groups is 1. The molecule has 0 aliphatic carbocycles. The Kier molecular flexibility index (Phi) is 7.34. The molecule has 0 unspecified atom stereocenters. The number of aromatic nitrogens is 3. The first-order valence-electron chi connectivity index (χ1n) is 8.96. The molecule has 3 N–H and O–H groups in total. The van der Waals surface area contributed by atoms with E-state index in [9.17, 15) is 14.0 Å². The minimum Gasteiger partial charge on any atom is -0.354 e. The average molecular weight is 413 g/mol. The Morgan fingerprint density at radius 1 is 0.966 bits per heavy atom. The number of amides is 2. The summed E-state index contributed by atoms with van der Waals surface area (Å²) in [4.78, 5) is 28.1. The standard InChI is InChI=1S/C20H20FN5O2S/c21-17-7-3-14(4-8-17)11-18(27)22-9-10-23-19(28)16-5-1-15(2-6-16)12-29-20-24-13-25-26-20/h1-8,13H,9-12H2,(H,22,27)(H,23,28)(H,24,25,26). The van der Waals surface area contributed by atoms with E-state index < -0.39 is 0 Å². The number of rotatable bonds is 9. The second-order valence-corrected chi connectivity index (χ2v) is 7.15. The fraction of sp³-hybridized carbons (Fsp3) is 0.200. The molecule has 2 aromatic carbocycles. The van der Waals surface area contributed by atoms with Gasteiger partial charge in [0.15, 0.2) is 5.16 Å². The lowest BCUT2D eigenvalue weighted by atomic mass is 10.1. The number of nitrogens with one attached hydrogen (secondary N) is 3.